The van der Waals surface area contributed by atoms with Gasteiger partial charge < -0.3 is 15.1 Å². The Morgan fingerprint density at radius 3 is 2.60 bits per heavy atom. The lowest BCUT2D eigenvalue weighted by molar-refractivity contribution is -0.131. The Balaban J connectivity index is 1.65. The number of carbonyl (C=O) groups is 3. The molecule has 2 heterocycles. The maximum atomic E-state index is 12.8. The van der Waals surface area contributed by atoms with Crippen molar-refractivity contribution in [3.05, 3.63) is 29.3 Å². The van der Waals surface area contributed by atoms with Gasteiger partial charge in [0.25, 0.3) is 5.91 Å². The third kappa shape index (κ3) is 4.00. The summed E-state index contributed by atoms with van der Waals surface area (Å²) in [5, 5.41) is 2.78. The number of benzene rings is 1. The highest BCUT2D eigenvalue weighted by Gasteiger charge is 2.25. The van der Waals surface area contributed by atoms with Gasteiger partial charge in [-0.05, 0) is 36.1 Å². The zero-order chi connectivity index (χ0) is 18.0. The summed E-state index contributed by atoms with van der Waals surface area (Å²) in [6.07, 6.45) is 1.67. The maximum Gasteiger partial charge on any atom is 0.253 e. The van der Waals surface area contributed by atoms with Crippen LogP contribution in [0.25, 0.3) is 0 Å². The highest BCUT2D eigenvalue weighted by molar-refractivity contribution is 6.01. The molecule has 0 aliphatic carbocycles. The first-order valence-electron chi connectivity index (χ1n) is 8.94. The van der Waals surface area contributed by atoms with Gasteiger partial charge in [-0.15, -0.1) is 0 Å². The molecule has 134 valence electrons. The average Bonchev–Trinajstić information content (AvgIpc) is 2.77. The van der Waals surface area contributed by atoms with Gasteiger partial charge in [0.1, 0.15) is 0 Å². The van der Waals surface area contributed by atoms with Crippen LogP contribution in [-0.4, -0.2) is 53.7 Å². The summed E-state index contributed by atoms with van der Waals surface area (Å²) in [5.74, 6) is 0.455. The van der Waals surface area contributed by atoms with E-state index in [-0.39, 0.29) is 17.7 Å². The van der Waals surface area contributed by atoms with E-state index in [1.165, 1.54) is 0 Å². The fourth-order valence-electron chi connectivity index (χ4n) is 3.39. The van der Waals surface area contributed by atoms with Crippen LogP contribution < -0.4 is 5.32 Å². The number of nitrogens with one attached hydrogen (secondary N) is 1. The highest BCUT2D eigenvalue weighted by atomic mass is 16.2. The molecule has 0 aromatic heterocycles. The van der Waals surface area contributed by atoms with Crippen LogP contribution in [-0.2, 0) is 16.0 Å². The van der Waals surface area contributed by atoms with E-state index < -0.39 is 0 Å². The molecule has 3 amide bonds. The molecule has 6 nitrogen and oxygen atoms in total. The van der Waals surface area contributed by atoms with Crippen LogP contribution in [0.1, 0.15) is 42.6 Å². The van der Waals surface area contributed by atoms with Gasteiger partial charge >= 0.3 is 0 Å². The van der Waals surface area contributed by atoms with Crippen molar-refractivity contribution < 1.29 is 14.4 Å². The van der Waals surface area contributed by atoms with Gasteiger partial charge in [0.05, 0.1) is 6.42 Å². The SMILES string of the molecule is CC(C)CC(=O)N1CCCN(C(=O)c2ccc3c(c2)CC(=O)N3)CC1. The van der Waals surface area contributed by atoms with Gasteiger partial charge in [0.2, 0.25) is 11.8 Å². The molecule has 1 N–H and O–H groups in total. The first-order chi connectivity index (χ1) is 11.9. The van der Waals surface area contributed by atoms with E-state index in [4.69, 9.17) is 0 Å². The van der Waals surface area contributed by atoms with Crippen molar-refractivity contribution in [1.82, 2.24) is 9.80 Å². The second-order valence-electron chi connectivity index (χ2n) is 7.22. The fraction of sp³-hybridized carbons (Fsp3) is 0.526. The molecule has 1 aromatic carbocycles. The van der Waals surface area contributed by atoms with Crippen LogP contribution in [0.2, 0.25) is 0 Å². The van der Waals surface area contributed by atoms with E-state index in [1.807, 2.05) is 29.7 Å². The number of carbonyl (C=O) groups excluding carboxylic acids is 3. The number of amides is 3. The Hall–Kier alpha value is -2.37. The quantitative estimate of drug-likeness (QED) is 0.911. The van der Waals surface area contributed by atoms with Gasteiger partial charge in [-0.25, -0.2) is 0 Å². The Morgan fingerprint density at radius 1 is 1.12 bits per heavy atom. The lowest BCUT2D eigenvalue weighted by atomic mass is 10.1. The topological polar surface area (TPSA) is 69.7 Å². The summed E-state index contributed by atoms with van der Waals surface area (Å²) < 4.78 is 0. The third-order valence-corrected chi connectivity index (χ3v) is 4.70. The van der Waals surface area contributed by atoms with E-state index in [9.17, 15) is 14.4 Å². The molecular weight excluding hydrogens is 318 g/mol. The number of fused-ring (bicyclic) bond motifs is 1. The maximum absolute atomic E-state index is 12.8. The Labute approximate surface area is 148 Å². The minimum atomic E-state index is -0.0336. The third-order valence-electron chi connectivity index (χ3n) is 4.70. The van der Waals surface area contributed by atoms with Gasteiger partial charge in [0, 0.05) is 43.9 Å². The highest BCUT2D eigenvalue weighted by Crippen LogP contribution is 2.24. The normalized spacial score (nSPS) is 17.3. The standard InChI is InChI=1S/C19H25N3O3/c1-13(2)10-18(24)21-6-3-7-22(9-8-21)19(25)14-4-5-16-15(11-14)12-17(23)20-16/h4-5,11,13H,3,6-10,12H2,1-2H3,(H,20,23). The molecule has 0 spiro atoms. The lowest BCUT2D eigenvalue weighted by Crippen LogP contribution is -2.37. The number of hydrogen-bond donors (Lipinski definition) is 1. The zero-order valence-corrected chi connectivity index (χ0v) is 14.9. The average molecular weight is 343 g/mol. The van der Waals surface area contributed by atoms with E-state index in [1.54, 1.807) is 12.1 Å². The Bertz CT molecular complexity index is 699. The zero-order valence-electron chi connectivity index (χ0n) is 14.9. The van der Waals surface area contributed by atoms with Crippen molar-refractivity contribution in [2.24, 2.45) is 5.92 Å². The Kier molecular flexibility index (Phi) is 5.06. The second kappa shape index (κ2) is 7.25. The first kappa shape index (κ1) is 17.5. The molecule has 0 radical (unpaired) electrons. The van der Waals surface area contributed by atoms with E-state index in [0.29, 0.717) is 50.5 Å². The van der Waals surface area contributed by atoms with Crippen molar-refractivity contribution in [2.75, 3.05) is 31.5 Å². The minimum absolute atomic E-state index is 0.0275. The van der Waals surface area contributed by atoms with Crippen LogP contribution >= 0.6 is 0 Å². The summed E-state index contributed by atoms with van der Waals surface area (Å²) in [6, 6.07) is 5.37. The van der Waals surface area contributed by atoms with Crippen molar-refractivity contribution in [3.63, 3.8) is 0 Å². The predicted molar refractivity (Wildman–Crippen MR) is 95.3 cm³/mol. The number of nitrogens with zero attached hydrogens (tertiary/aromatic N) is 2. The van der Waals surface area contributed by atoms with Crippen LogP contribution in [0.3, 0.4) is 0 Å². The molecule has 1 fully saturated rings. The molecule has 0 saturated carbocycles. The lowest BCUT2D eigenvalue weighted by Gasteiger charge is -2.23. The molecule has 0 atom stereocenters. The molecular formula is C19H25N3O3. The fourth-order valence-corrected chi connectivity index (χ4v) is 3.39. The van der Waals surface area contributed by atoms with Crippen molar-refractivity contribution >= 4 is 23.4 Å². The molecule has 6 heteroatoms. The number of rotatable bonds is 3. The predicted octanol–water partition coefficient (Wildman–Crippen LogP) is 1.90. The molecule has 25 heavy (non-hydrogen) atoms. The second-order valence-corrected chi connectivity index (χ2v) is 7.22. The summed E-state index contributed by atoms with van der Waals surface area (Å²) in [4.78, 5) is 40.2. The van der Waals surface area contributed by atoms with Crippen molar-refractivity contribution in [2.45, 2.75) is 33.1 Å². The Morgan fingerprint density at radius 2 is 1.84 bits per heavy atom. The first-order valence-corrected chi connectivity index (χ1v) is 8.94. The van der Waals surface area contributed by atoms with E-state index in [0.717, 1.165) is 17.7 Å². The largest absolute Gasteiger partial charge is 0.341 e. The van der Waals surface area contributed by atoms with Crippen LogP contribution in [0.15, 0.2) is 18.2 Å². The van der Waals surface area contributed by atoms with Gasteiger partial charge in [-0.3, -0.25) is 14.4 Å². The van der Waals surface area contributed by atoms with Gasteiger partial charge in [-0.1, -0.05) is 13.8 Å². The molecule has 0 unspecified atom stereocenters. The van der Waals surface area contributed by atoms with Crippen LogP contribution in [0, 0.1) is 5.92 Å². The van der Waals surface area contributed by atoms with Gasteiger partial charge in [0.15, 0.2) is 0 Å². The van der Waals surface area contributed by atoms with E-state index >= 15 is 0 Å². The number of hydrogen-bond acceptors (Lipinski definition) is 3. The molecule has 2 aliphatic rings. The summed E-state index contributed by atoms with van der Waals surface area (Å²) in [7, 11) is 0. The monoisotopic (exact) mass is 343 g/mol. The summed E-state index contributed by atoms with van der Waals surface area (Å²) in [5.41, 5.74) is 2.28. The van der Waals surface area contributed by atoms with Crippen molar-refractivity contribution in [1.29, 1.82) is 0 Å². The molecule has 1 aromatic rings. The van der Waals surface area contributed by atoms with Crippen molar-refractivity contribution in [3.8, 4) is 0 Å². The summed E-state index contributed by atoms with van der Waals surface area (Å²) in [6.45, 7) is 6.58. The van der Waals surface area contributed by atoms with Crippen LogP contribution in [0.4, 0.5) is 5.69 Å². The molecule has 1 saturated heterocycles. The smallest absolute Gasteiger partial charge is 0.253 e. The summed E-state index contributed by atoms with van der Waals surface area (Å²) >= 11 is 0. The molecule has 3 rings (SSSR count). The molecule has 0 bridgehead atoms. The molecule has 2 aliphatic heterocycles. The minimum Gasteiger partial charge on any atom is -0.341 e. The van der Waals surface area contributed by atoms with E-state index in [2.05, 4.69) is 5.32 Å². The van der Waals surface area contributed by atoms with Crippen LogP contribution in [0.5, 0.6) is 0 Å². The number of anilines is 1. The van der Waals surface area contributed by atoms with Gasteiger partial charge in [-0.2, -0.15) is 0 Å².